The van der Waals surface area contributed by atoms with E-state index >= 15 is 0 Å². The summed E-state index contributed by atoms with van der Waals surface area (Å²) in [6.45, 7) is 6.90. The van der Waals surface area contributed by atoms with Gasteiger partial charge in [0.15, 0.2) is 0 Å². The summed E-state index contributed by atoms with van der Waals surface area (Å²) in [5, 5.41) is 43.5. The summed E-state index contributed by atoms with van der Waals surface area (Å²) in [5.74, 6) is -0.635. The number of carboxylic acids is 2. The van der Waals surface area contributed by atoms with Crippen molar-refractivity contribution in [1.29, 1.82) is 10.5 Å². The number of aliphatic carboxylic acids is 2. The lowest BCUT2D eigenvalue weighted by atomic mass is 9.92. The molecule has 258 valence electrons. The average molecular weight is 675 g/mol. The van der Waals surface area contributed by atoms with E-state index in [0.29, 0.717) is 61.6 Å². The Morgan fingerprint density at radius 3 is 1.46 bits per heavy atom. The Balaban J connectivity index is 1.40. The van der Waals surface area contributed by atoms with Gasteiger partial charge in [-0.25, -0.2) is 0 Å². The molecule has 0 saturated carbocycles. The van der Waals surface area contributed by atoms with E-state index in [1.807, 2.05) is 36.4 Å². The minimum absolute atomic E-state index is 0.114. The highest BCUT2D eigenvalue weighted by Crippen LogP contribution is 2.32. The zero-order valence-corrected chi connectivity index (χ0v) is 28.4. The second-order valence-corrected chi connectivity index (χ2v) is 12.0. The number of ether oxygens (including phenoxy) is 2. The first kappa shape index (κ1) is 37.1. The quantitative estimate of drug-likeness (QED) is 0.0779. The molecule has 0 atom stereocenters. The minimum Gasteiger partial charge on any atom is -0.488 e. The molecule has 0 amide bonds. The van der Waals surface area contributed by atoms with Crippen LogP contribution in [0, 0.1) is 36.5 Å². The molecule has 4 N–H and O–H groups in total. The van der Waals surface area contributed by atoms with Gasteiger partial charge in [0.1, 0.15) is 36.9 Å². The third-order valence-corrected chi connectivity index (χ3v) is 8.42. The second-order valence-electron chi connectivity index (χ2n) is 12.0. The van der Waals surface area contributed by atoms with Gasteiger partial charge in [0, 0.05) is 25.9 Å². The van der Waals surface area contributed by atoms with Crippen LogP contribution in [0.3, 0.4) is 0 Å². The van der Waals surface area contributed by atoms with Crippen molar-refractivity contribution in [2.75, 3.05) is 13.1 Å². The largest absolute Gasteiger partial charge is 0.488 e. The molecule has 0 aliphatic carbocycles. The van der Waals surface area contributed by atoms with E-state index in [-0.39, 0.29) is 26.1 Å². The predicted octanol–water partition coefficient (Wildman–Crippen LogP) is 6.78. The first-order valence-corrected chi connectivity index (χ1v) is 16.5. The maximum Gasteiger partial charge on any atom is 0.303 e. The Bertz CT molecular complexity index is 1760. The van der Waals surface area contributed by atoms with Crippen LogP contribution in [0.4, 0.5) is 0 Å². The molecule has 0 spiro atoms. The van der Waals surface area contributed by atoms with Gasteiger partial charge in [-0.1, -0.05) is 48.5 Å². The monoisotopic (exact) mass is 674 g/mol. The molecule has 0 aliphatic heterocycles. The van der Waals surface area contributed by atoms with Crippen LogP contribution in [0.1, 0.15) is 70.2 Å². The summed E-state index contributed by atoms with van der Waals surface area (Å²) >= 11 is 0. The van der Waals surface area contributed by atoms with Crippen LogP contribution < -0.4 is 20.1 Å². The fourth-order valence-corrected chi connectivity index (χ4v) is 5.57. The van der Waals surface area contributed by atoms with E-state index in [4.69, 9.17) is 19.7 Å². The number of rotatable bonds is 19. The van der Waals surface area contributed by atoms with Gasteiger partial charge in [-0.3, -0.25) is 9.59 Å². The molecule has 0 fully saturated rings. The summed E-state index contributed by atoms with van der Waals surface area (Å²) in [6, 6.07) is 27.6. The van der Waals surface area contributed by atoms with Crippen molar-refractivity contribution >= 4 is 11.9 Å². The lowest BCUT2D eigenvalue weighted by Crippen LogP contribution is -2.15. The summed E-state index contributed by atoms with van der Waals surface area (Å²) in [6.07, 6.45) is 1.30. The standard InChI is InChI=1S/C40H42N4O6/c1-27-31(25-49-37-15-13-29(19-33(37)21-41)23-43-17-5-11-39(45)46)7-3-9-35(27)36-10-4-8-32(28(36)2)26-50-38-16-14-30(20-34(38)22-42)24-44-18-6-12-40(47)48/h3-4,7-10,13-16,19-20,43-44H,5-6,11-12,17-18,23-26H2,1-2H3,(H,45,46)(H,47,48). The topological polar surface area (TPSA) is 165 Å². The van der Waals surface area contributed by atoms with Crippen LogP contribution in [0.5, 0.6) is 11.5 Å². The van der Waals surface area contributed by atoms with E-state index in [2.05, 4.69) is 48.8 Å². The Kier molecular flexibility index (Phi) is 13.9. The smallest absolute Gasteiger partial charge is 0.303 e. The zero-order valence-electron chi connectivity index (χ0n) is 28.4. The molecule has 10 nitrogen and oxygen atoms in total. The Morgan fingerprint density at radius 1 is 0.660 bits per heavy atom. The van der Waals surface area contributed by atoms with Crippen LogP contribution in [-0.4, -0.2) is 35.2 Å². The van der Waals surface area contributed by atoms with Crippen LogP contribution >= 0.6 is 0 Å². The van der Waals surface area contributed by atoms with Gasteiger partial charge < -0.3 is 30.3 Å². The Morgan fingerprint density at radius 2 is 1.08 bits per heavy atom. The van der Waals surface area contributed by atoms with Gasteiger partial charge in [0.05, 0.1) is 11.1 Å². The first-order chi connectivity index (χ1) is 24.2. The van der Waals surface area contributed by atoms with Crippen molar-refractivity contribution in [2.45, 2.75) is 65.8 Å². The number of nitrogens with zero attached hydrogens (tertiary/aromatic N) is 2. The lowest BCUT2D eigenvalue weighted by molar-refractivity contribution is -0.138. The van der Waals surface area contributed by atoms with E-state index in [0.717, 1.165) is 44.5 Å². The number of carbonyl (C=O) groups is 2. The highest BCUT2D eigenvalue weighted by Gasteiger charge is 2.14. The summed E-state index contributed by atoms with van der Waals surface area (Å²) in [5.41, 5.74) is 8.95. The predicted molar refractivity (Wildman–Crippen MR) is 189 cm³/mol. The van der Waals surface area contributed by atoms with Crippen molar-refractivity contribution in [3.05, 3.63) is 117 Å². The first-order valence-electron chi connectivity index (χ1n) is 16.5. The van der Waals surface area contributed by atoms with Crippen LogP contribution in [0.25, 0.3) is 11.1 Å². The van der Waals surface area contributed by atoms with E-state index in [1.165, 1.54) is 0 Å². The third kappa shape index (κ3) is 10.7. The average Bonchev–Trinajstić information content (AvgIpc) is 3.10. The molecule has 0 saturated heterocycles. The van der Waals surface area contributed by atoms with Gasteiger partial charge >= 0.3 is 11.9 Å². The fraction of sp³-hybridized carbons (Fsp3) is 0.300. The van der Waals surface area contributed by atoms with Crippen molar-refractivity contribution in [3.63, 3.8) is 0 Å². The highest BCUT2D eigenvalue weighted by atomic mass is 16.5. The molecule has 0 bridgehead atoms. The fourth-order valence-electron chi connectivity index (χ4n) is 5.57. The summed E-state index contributed by atoms with van der Waals surface area (Å²) in [7, 11) is 0. The van der Waals surface area contributed by atoms with Crippen LogP contribution in [0.15, 0.2) is 72.8 Å². The molecule has 0 aromatic heterocycles. The molecule has 0 aliphatic rings. The highest BCUT2D eigenvalue weighted by molar-refractivity contribution is 5.72. The summed E-state index contributed by atoms with van der Waals surface area (Å²) < 4.78 is 12.3. The van der Waals surface area contributed by atoms with Gasteiger partial charge in [-0.2, -0.15) is 10.5 Å². The normalized spacial score (nSPS) is 10.6. The second kappa shape index (κ2) is 18.8. The molecule has 0 radical (unpaired) electrons. The van der Waals surface area contributed by atoms with Crippen LogP contribution in [-0.2, 0) is 35.9 Å². The number of nitriles is 2. The van der Waals surface area contributed by atoms with E-state index < -0.39 is 11.9 Å². The SMILES string of the molecule is Cc1c(COc2ccc(CNCCCC(=O)O)cc2C#N)cccc1-c1cccc(COc2ccc(CNCCCC(=O)O)cc2C#N)c1C. The molecule has 0 unspecified atom stereocenters. The van der Waals surface area contributed by atoms with Gasteiger partial charge in [0.2, 0.25) is 0 Å². The molecule has 0 heterocycles. The number of hydrogen-bond donors (Lipinski definition) is 4. The maximum atomic E-state index is 10.7. The molecule has 50 heavy (non-hydrogen) atoms. The maximum absolute atomic E-state index is 10.7. The molecular formula is C40H42N4O6. The molecule has 4 aromatic carbocycles. The van der Waals surface area contributed by atoms with E-state index in [1.54, 1.807) is 24.3 Å². The number of carboxylic acid groups (broad SMARTS) is 2. The number of nitrogens with one attached hydrogen (secondary N) is 2. The summed E-state index contributed by atoms with van der Waals surface area (Å²) in [4.78, 5) is 21.4. The minimum atomic E-state index is -0.816. The molecular weight excluding hydrogens is 632 g/mol. The van der Waals surface area contributed by atoms with Gasteiger partial charge in [-0.05, 0) is 109 Å². The molecule has 10 heteroatoms. The van der Waals surface area contributed by atoms with Crippen molar-refractivity contribution < 1.29 is 29.3 Å². The molecule has 4 rings (SSSR count). The van der Waals surface area contributed by atoms with E-state index in [9.17, 15) is 20.1 Å². The number of benzene rings is 4. The third-order valence-electron chi connectivity index (χ3n) is 8.42. The Hall–Kier alpha value is -5.68. The van der Waals surface area contributed by atoms with Crippen molar-refractivity contribution in [2.24, 2.45) is 0 Å². The Labute approximate surface area is 292 Å². The lowest BCUT2D eigenvalue weighted by Gasteiger charge is -2.17. The zero-order chi connectivity index (χ0) is 35.9. The van der Waals surface area contributed by atoms with Crippen LogP contribution in [0.2, 0.25) is 0 Å². The number of hydrogen-bond acceptors (Lipinski definition) is 8. The van der Waals surface area contributed by atoms with Gasteiger partial charge in [0.25, 0.3) is 0 Å². The molecule has 4 aromatic rings. The van der Waals surface area contributed by atoms with Gasteiger partial charge in [-0.15, -0.1) is 0 Å². The van der Waals surface area contributed by atoms with Crippen molar-refractivity contribution in [1.82, 2.24) is 10.6 Å². The van der Waals surface area contributed by atoms with Crippen molar-refractivity contribution in [3.8, 4) is 34.8 Å².